The minimum absolute atomic E-state index is 0.619. The summed E-state index contributed by atoms with van der Waals surface area (Å²) in [5, 5.41) is 2.25. The quantitative estimate of drug-likeness (QED) is 0.175. The van der Waals surface area contributed by atoms with Crippen molar-refractivity contribution in [1.82, 2.24) is 15.0 Å². The molecule has 0 unspecified atom stereocenters. The highest BCUT2D eigenvalue weighted by Crippen LogP contribution is 2.39. The van der Waals surface area contributed by atoms with Crippen molar-refractivity contribution in [3.8, 4) is 67.5 Å². The van der Waals surface area contributed by atoms with Crippen molar-refractivity contribution < 1.29 is 0 Å². The van der Waals surface area contributed by atoms with Gasteiger partial charge in [0.05, 0.1) is 6.57 Å². The lowest BCUT2D eigenvalue weighted by Gasteiger charge is -2.14. The van der Waals surface area contributed by atoms with Gasteiger partial charge in [-0.25, -0.2) is 19.8 Å². The van der Waals surface area contributed by atoms with E-state index in [-0.39, 0.29) is 0 Å². The molecule has 0 saturated heterocycles. The first-order chi connectivity index (χ1) is 23.7. The molecule has 0 bridgehead atoms. The SMILES string of the molecule is [C-]#[N+]c1ccccc1-c1ccc(-c2ccc(-c3nc(-c4ccccc4)nc(-c4ccc(-c5ccccc5)cc4)n3)cc2)c2ccccc12. The molecule has 7 aromatic carbocycles. The summed E-state index contributed by atoms with van der Waals surface area (Å²) in [6.45, 7) is 7.69. The number of para-hydroxylation sites is 1. The molecule has 48 heavy (non-hydrogen) atoms. The van der Waals surface area contributed by atoms with Gasteiger partial charge in [-0.1, -0.05) is 170 Å². The van der Waals surface area contributed by atoms with Gasteiger partial charge in [0, 0.05) is 16.7 Å². The summed E-state index contributed by atoms with van der Waals surface area (Å²) >= 11 is 0. The molecule has 0 amide bonds. The summed E-state index contributed by atoms with van der Waals surface area (Å²) < 4.78 is 0. The molecular formula is C44H28N4. The lowest BCUT2D eigenvalue weighted by atomic mass is 9.91. The minimum Gasteiger partial charge on any atom is -0.238 e. The Morgan fingerprint density at radius 2 is 0.708 bits per heavy atom. The van der Waals surface area contributed by atoms with Crippen molar-refractivity contribution in [3.63, 3.8) is 0 Å². The molecule has 4 nitrogen and oxygen atoms in total. The van der Waals surface area contributed by atoms with Gasteiger partial charge in [-0.2, -0.15) is 0 Å². The van der Waals surface area contributed by atoms with Gasteiger partial charge in [0.1, 0.15) is 0 Å². The van der Waals surface area contributed by atoms with E-state index in [0.29, 0.717) is 23.2 Å². The lowest BCUT2D eigenvalue weighted by molar-refractivity contribution is 1.07. The van der Waals surface area contributed by atoms with E-state index in [0.717, 1.165) is 55.3 Å². The third-order valence-corrected chi connectivity index (χ3v) is 8.61. The molecule has 1 aromatic heterocycles. The number of nitrogens with zero attached hydrogens (tertiary/aromatic N) is 4. The van der Waals surface area contributed by atoms with Crippen LogP contribution in [0.4, 0.5) is 5.69 Å². The Bertz CT molecular complexity index is 2430. The summed E-state index contributed by atoms with van der Waals surface area (Å²) in [6, 6.07) is 57.7. The lowest BCUT2D eigenvalue weighted by Crippen LogP contribution is -2.00. The summed E-state index contributed by atoms with van der Waals surface area (Å²) in [6.07, 6.45) is 0. The van der Waals surface area contributed by atoms with Crippen LogP contribution in [0.5, 0.6) is 0 Å². The van der Waals surface area contributed by atoms with Crippen LogP contribution in [0.25, 0.3) is 83.2 Å². The molecular weight excluding hydrogens is 585 g/mol. The third kappa shape index (κ3) is 5.51. The fourth-order valence-corrected chi connectivity index (χ4v) is 6.18. The van der Waals surface area contributed by atoms with Crippen LogP contribution in [0.15, 0.2) is 170 Å². The van der Waals surface area contributed by atoms with E-state index in [1.165, 1.54) is 5.56 Å². The molecule has 0 radical (unpaired) electrons. The highest BCUT2D eigenvalue weighted by Gasteiger charge is 2.15. The number of aromatic nitrogens is 3. The smallest absolute Gasteiger partial charge is 0.194 e. The number of fused-ring (bicyclic) bond motifs is 1. The van der Waals surface area contributed by atoms with Crippen LogP contribution in [-0.2, 0) is 0 Å². The average Bonchev–Trinajstić information content (AvgIpc) is 3.18. The molecule has 0 aliphatic heterocycles. The van der Waals surface area contributed by atoms with Crippen LogP contribution in [0.3, 0.4) is 0 Å². The molecule has 8 aromatic rings. The number of hydrogen-bond acceptors (Lipinski definition) is 3. The molecule has 0 atom stereocenters. The molecule has 0 fully saturated rings. The fraction of sp³-hybridized carbons (Fsp3) is 0. The minimum atomic E-state index is 0.619. The standard InChI is InChI=1S/C44H28N4/c1-45-41-19-11-10-18-40(41)39-29-28-36(37-16-8-9-17-38(37)39)32-22-26-35(27-23-32)44-47-42(33-14-6-3-7-15-33)46-43(48-44)34-24-20-31(21-25-34)30-12-4-2-5-13-30/h2-29H. The van der Waals surface area contributed by atoms with Crippen molar-refractivity contribution >= 4 is 16.5 Å². The predicted molar refractivity (Wildman–Crippen MR) is 196 cm³/mol. The largest absolute Gasteiger partial charge is 0.238 e. The highest BCUT2D eigenvalue weighted by atomic mass is 15.0. The van der Waals surface area contributed by atoms with Gasteiger partial charge in [-0.15, -0.1) is 0 Å². The molecule has 0 aliphatic rings. The number of benzene rings is 7. The Morgan fingerprint density at radius 1 is 0.312 bits per heavy atom. The Hall–Kier alpha value is -6.70. The topological polar surface area (TPSA) is 43.0 Å². The van der Waals surface area contributed by atoms with Crippen molar-refractivity contribution in [1.29, 1.82) is 0 Å². The molecule has 0 aliphatic carbocycles. The Labute approximate surface area is 279 Å². The van der Waals surface area contributed by atoms with E-state index in [1.807, 2.05) is 72.8 Å². The highest BCUT2D eigenvalue weighted by molar-refractivity contribution is 6.06. The van der Waals surface area contributed by atoms with Crippen molar-refractivity contribution in [2.75, 3.05) is 0 Å². The average molecular weight is 613 g/mol. The summed E-state index contributed by atoms with van der Waals surface area (Å²) in [7, 11) is 0. The van der Waals surface area contributed by atoms with Gasteiger partial charge in [0.15, 0.2) is 23.2 Å². The summed E-state index contributed by atoms with van der Waals surface area (Å²) in [4.78, 5) is 18.6. The molecule has 0 N–H and O–H groups in total. The zero-order valence-corrected chi connectivity index (χ0v) is 26.0. The van der Waals surface area contributed by atoms with Crippen LogP contribution >= 0.6 is 0 Å². The van der Waals surface area contributed by atoms with Crippen molar-refractivity contribution in [3.05, 3.63) is 181 Å². The maximum atomic E-state index is 7.69. The van der Waals surface area contributed by atoms with Gasteiger partial charge < -0.3 is 0 Å². The van der Waals surface area contributed by atoms with E-state index >= 15 is 0 Å². The molecule has 224 valence electrons. The molecule has 8 rings (SSSR count). The van der Waals surface area contributed by atoms with Gasteiger partial charge in [-0.05, 0) is 44.2 Å². The van der Waals surface area contributed by atoms with E-state index < -0.39 is 0 Å². The second-order valence-electron chi connectivity index (χ2n) is 11.5. The first-order valence-corrected chi connectivity index (χ1v) is 15.8. The Balaban J connectivity index is 1.18. The fourth-order valence-electron chi connectivity index (χ4n) is 6.18. The second kappa shape index (κ2) is 12.6. The van der Waals surface area contributed by atoms with Crippen LogP contribution in [0, 0.1) is 6.57 Å². The molecule has 4 heteroatoms. The Kier molecular flexibility index (Phi) is 7.54. The van der Waals surface area contributed by atoms with Crippen LogP contribution < -0.4 is 0 Å². The first-order valence-electron chi connectivity index (χ1n) is 15.8. The predicted octanol–water partition coefficient (Wildman–Crippen LogP) is 11.6. The Morgan fingerprint density at radius 3 is 1.29 bits per heavy atom. The van der Waals surface area contributed by atoms with Gasteiger partial charge in [0.25, 0.3) is 0 Å². The second-order valence-corrected chi connectivity index (χ2v) is 11.5. The van der Waals surface area contributed by atoms with Crippen LogP contribution in [0.2, 0.25) is 0 Å². The maximum Gasteiger partial charge on any atom is 0.194 e. The summed E-state index contributed by atoms with van der Waals surface area (Å²) in [5.74, 6) is 1.88. The van der Waals surface area contributed by atoms with Gasteiger partial charge in [0.2, 0.25) is 0 Å². The third-order valence-electron chi connectivity index (χ3n) is 8.61. The number of hydrogen-bond donors (Lipinski definition) is 0. The van der Waals surface area contributed by atoms with Crippen LogP contribution in [-0.4, -0.2) is 15.0 Å². The van der Waals surface area contributed by atoms with E-state index in [9.17, 15) is 0 Å². The van der Waals surface area contributed by atoms with E-state index in [4.69, 9.17) is 21.5 Å². The zero-order valence-electron chi connectivity index (χ0n) is 26.0. The van der Waals surface area contributed by atoms with E-state index in [2.05, 4.69) is 102 Å². The van der Waals surface area contributed by atoms with Gasteiger partial charge in [-0.3, -0.25) is 0 Å². The zero-order chi connectivity index (χ0) is 32.3. The first kappa shape index (κ1) is 28.8. The van der Waals surface area contributed by atoms with E-state index in [1.54, 1.807) is 0 Å². The van der Waals surface area contributed by atoms with Crippen LogP contribution in [0.1, 0.15) is 0 Å². The normalized spacial score (nSPS) is 10.9. The molecule has 1 heterocycles. The monoisotopic (exact) mass is 612 g/mol. The maximum absolute atomic E-state index is 7.69. The van der Waals surface area contributed by atoms with Crippen molar-refractivity contribution in [2.45, 2.75) is 0 Å². The number of rotatable bonds is 6. The summed E-state index contributed by atoms with van der Waals surface area (Å²) in [5.41, 5.74) is 9.95. The molecule has 0 saturated carbocycles. The van der Waals surface area contributed by atoms with Crippen molar-refractivity contribution in [2.24, 2.45) is 0 Å². The van der Waals surface area contributed by atoms with Gasteiger partial charge >= 0.3 is 0 Å². The molecule has 0 spiro atoms.